The van der Waals surface area contributed by atoms with Gasteiger partial charge in [0.1, 0.15) is 5.82 Å². The number of nitrogens with one attached hydrogen (secondary N) is 1. The van der Waals surface area contributed by atoms with Gasteiger partial charge in [-0.25, -0.2) is 15.0 Å². The van der Waals surface area contributed by atoms with E-state index in [2.05, 4.69) is 20.7 Å². The molecule has 1 aliphatic heterocycles. The lowest BCUT2D eigenvalue weighted by Gasteiger charge is -2.31. The molecule has 6 nitrogen and oxygen atoms in total. The van der Waals surface area contributed by atoms with Gasteiger partial charge in [0.25, 0.3) is 0 Å². The number of thiazole rings is 2. The average molecular weight is 412 g/mol. The van der Waals surface area contributed by atoms with E-state index in [9.17, 15) is 4.79 Å². The molecule has 1 N–H and O–H groups in total. The average Bonchev–Trinajstić information content (AvgIpc) is 3.36. The maximum Gasteiger partial charge on any atom is 0.246 e. The van der Waals surface area contributed by atoms with Crippen molar-refractivity contribution in [3.63, 3.8) is 0 Å². The Bertz CT molecular complexity index is 966. The number of anilines is 2. The largest absolute Gasteiger partial charge is 0.338 e. The zero-order chi connectivity index (χ0) is 19.3. The minimum absolute atomic E-state index is 0.0393. The highest BCUT2D eigenvalue weighted by molar-refractivity contribution is 7.13. The third-order valence-electron chi connectivity index (χ3n) is 4.61. The summed E-state index contributed by atoms with van der Waals surface area (Å²) in [4.78, 5) is 27.8. The van der Waals surface area contributed by atoms with Gasteiger partial charge >= 0.3 is 0 Å². The molecule has 8 heteroatoms. The van der Waals surface area contributed by atoms with Crippen LogP contribution in [0.25, 0.3) is 6.08 Å². The lowest BCUT2D eigenvalue weighted by Crippen LogP contribution is -2.38. The summed E-state index contributed by atoms with van der Waals surface area (Å²) in [6, 6.07) is 5.74. The van der Waals surface area contributed by atoms with Gasteiger partial charge in [-0.05, 0) is 38.0 Å². The first kappa shape index (κ1) is 18.8. The Kier molecular flexibility index (Phi) is 5.78. The fourth-order valence-corrected chi connectivity index (χ4v) is 4.59. The number of amides is 1. The third-order valence-corrected chi connectivity index (χ3v) is 6.17. The number of carbonyl (C=O) groups excluding carboxylic acids is 1. The maximum absolute atomic E-state index is 12.6. The van der Waals surface area contributed by atoms with E-state index in [1.54, 1.807) is 41.0 Å². The van der Waals surface area contributed by atoms with Crippen LogP contribution in [0.2, 0.25) is 0 Å². The first-order valence-corrected chi connectivity index (χ1v) is 11.0. The molecule has 0 aromatic carbocycles. The molecular weight excluding hydrogens is 390 g/mol. The molecule has 0 spiro atoms. The molecule has 1 fully saturated rings. The van der Waals surface area contributed by atoms with Crippen molar-refractivity contribution in [2.75, 3.05) is 18.4 Å². The molecule has 4 heterocycles. The normalized spacial score (nSPS) is 17.2. The molecule has 4 rings (SSSR count). The van der Waals surface area contributed by atoms with E-state index < -0.39 is 0 Å². The van der Waals surface area contributed by atoms with Crippen LogP contribution in [0.1, 0.15) is 35.2 Å². The number of hydrogen-bond donors (Lipinski definition) is 1. The lowest BCUT2D eigenvalue weighted by molar-refractivity contribution is -0.127. The zero-order valence-electron chi connectivity index (χ0n) is 15.5. The number of rotatable bonds is 5. The summed E-state index contributed by atoms with van der Waals surface area (Å²) >= 11 is 3.16. The van der Waals surface area contributed by atoms with Crippen LogP contribution >= 0.6 is 22.7 Å². The van der Waals surface area contributed by atoms with Crippen molar-refractivity contribution in [2.24, 2.45) is 0 Å². The highest BCUT2D eigenvalue weighted by Gasteiger charge is 2.25. The minimum Gasteiger partial charge on any atom is -0.338 e. The molecule has 1 atom stereocenters. The van der Waals surface area contributed by atoms with Gasteiger partial charge in [0.2, 0.25) is 5.91 Å². The van der Waals surface area contributed by atoms with Crippen molar-refractivity contribution < 1.29 is 4.79 Å². The molecule has 0 bridgehead atoms. The van der Waals surface area contributed by atoms with Gasteiger partial charge in [0.05, 0.1) is 16.4 Å². The highest BCUT2D eigenvalue weighted by Crippen LogP contribution is 2.30. The minimum atomic E-state index is 0.0393. The van der Waals surface area contributed by atoms with E-state index in [0.29, 0.717) is 6.54 Å². The number of pyridine rings is 1. The maximum atomic E-state index is 12.6. The Morgan fingerprint density at radius 1 is 1.29 bits per heavy atom. The monoisotopic (exact) mass is 411 g/mol. The number of piperidine rings is 1. The number of carbonyl (C=O) groups is 1. The second kappa shape index (κ2) is 8.62. The Balaban J connectivity index is 1.38. The summed E-state index contributed by atoms with van der Waals surface area (Å²) in [5, 5.41) is 9.11. The first-order chi connectivity index (χ1) is 13.7. The molecule has 144 valence electrons. The van der Waals surface area contributed by atoms with Gasteiger partial charge in [0.15, 0.2) is 5.13 Å². The smallest absolute Gasteiger partial charge is 0.246 e. The summed E-state index contributed by atoms with van der Waals surface area (Å²) in [5.74, 6) is 1.09. The van der Waals surface area contributed by atoms with E-state index in [1.165, 1.54) is 0 Å². The molecule has 1 saturated heterocycles. The van der Waals surface area contributed by atoms with E-state index in [4.69, 9.17) is 4.98 Å². The van der Waals surface area contributed by atoms with Crippen molar-refractivity contribution in [2.45, 2.75) is 25.7 Å². The number of likely N-dealkylation sites (tertiary alicyclic amines) is 1. The number of aromatic nitrogens is 3. The van der Waals surface area contributed by atoms with Gasteiger partial charge in [-0.3, -0.25) is 4.79 Å². The molecule has 3 aromatic rings. The fraction of sp³-hybridized carbons (Fsp3) is 0.300. The molecular formula is C20H21N5OS2. The van der Waals surface area contributed by atoms with Crippen molar-refractivity contribution in [3.05, 3.63) is 57.6 Å². The Hall–Kier alpha value is -2.58. The number of hydrogen-bond acceptors (Lipinski definition) is 7. The van der Waals surface area contributed by atoms with E-state index in [0.717, 1.165) is 46.7 Å². The molecule has 0 unspecified atom stereocenters. The van der Waals surface area contributed by atoms with Crippen LogP contribution in [0.15, 0.2) is 41.2 Å². The fourth-order valence-electron chi connectivity index (χ4n) is 3.21. The van der Waals surface area contributed by atoms with Gasteiger partial charge in [0, 0.05) is 42.0 Å². The summed E-state index contributed by atoms with van der Waals surface area (Å²) in [5.41, 5.74) is 1.88. The van der Waals surface area contributed by atoms with Crippen molar-refractivity contribution in [3.8, 4) is 0 Å². The topological polar surface area (TPSA) is 71.0 Å². The van der Waals surface area contributed by atoms with Gasteiger partial charge in [-0.2, -0.15) is 0 Å². The van der Waals surface area contributed by atoms with Gasteiger partial charge in [-0.1, -0.05) is 6.07 Å². The predicted octanol–water partition coefficient (Wildman–Crippen LogP) is 4.47. The van der Waals surface area contributed by atoms with E-state index >= 15 is 0 Å². The second-order valence-corrected chi connectivity index (χ2v) is 8.59. The second-order valence-electron chi connectivity index (χ2n) is 6.67. The SMILES string of the molecule is Cc1nc(/C=C/C(=O)N2CCC[C@H](c3csc(Nc4ccccn4)n3)C2)cs1. The van der Waals surface area contributed by atoms with Crippen LogP contribution in [-0.4, -0.2) is 38.8 Å². The molecule has 28 heavy (non-hydrogen) atoms. The summed E-state index contributed by atoms with van der Waals surface area (Å²) in [6.07, 6.45) is 7.22. The lowest BCUT2D eigenvalue weighted by atomic mass is 9.95. The molecule has 0 radical (unpaired) electrons. The van der Waals surface area contributed by atoms with Crippen LogP contribution in [0.3, 0.4) is 0 Å². The van der Waals surface area contributed by atoms with Crippen LogP contribution < -0.4 is 5.32 Å². The summed E-state index contributed by atoms with van der Waals surface area (Å²) < 4.78 is 0. The predicted molar refractivity (Wildman–Crippen MR) is 114 cm³/mol. The van der Waals surface area contributed by atoms with Crippen LogP contribution in [0, 0.1) is 6.92 Å². The van der Waals surface area contributed by atoms with Crippen molar-refractivity contribution in [1.82, 2.24) is 19.9 Å². The third kappa shape index (κ3) is 4.63. The molecule has 0 aliphatic carbocycles. The standard InChI is InChI=1S/C20H21N5OS2/c1-14-22-16(12-27-14)7-8-19(26)25-10-4-5-15(11-25)17-13-28-20(23-17)24-18-6-2-3-9-21-18/h2-3,6-9,12-13,15H,4-5,10-11H2,1H3,(H,21,23,24)/b8-7+/t15-/m0/s1. The molecule has 0 saturated carbocycles. The van der Waals surface area contributed by atoms with Crippen molar-refractivity contribution >= 4 is 45.6 Å². The quantitative estimate of drug-likeness (QED) is 0.628. The van der Waals surface area contributed by atoms with E-state index in [-0.39, 0.29) is 11.8 Å². The number of nitrogens with zero attached hydrogens (tertiary/aromatic N) is 4. The van der Waals surface area contributed by atoms with Crippen LogP contribution in [-0.2, 0) is 4.79 Å². The highest BCUT2D eigenvalue weighted by atomic mass is 32.1. The summed E-state index contributed by atoms with van der Waals surface area (Å²) in [6.45, 7) is 3.45. The van der Waals surface area contributed by atoms with Gasteiger partial charge < -0.3 is 10.2 Å². The molecule has 1 aliphatic rings. The Labute approximate surface area is 172 Å². The molecule has 3 aromatic heterocycles. The first-order valence-electron chi connectivity index (χ1n) is 9.20. The Morgan fingerprint density at radius 3 is 3.00 bits per heavy atom. The number of aryl methyl sites for hydroxylation is 1. The van der Waals surface area contributed by atoms with E-state index in [1.807, 2.05) is 35.4 Å². The van der Waals surface area contributed by atoms with Crippen LogP contribution in [0.4, 0.5) is 10.9 Å². The van der Waals surface area contributed by atoms with Crippen LogP contribution in [0.5, 0.6) is 0 Å². The van der Waals surface area contributed by atoms with Gasteiger partial charge in [-0.15, -0.1) is 22.7 Å². The zero-order valence-corrected chi connectivity index (χ0v) is 17.2. The Morgan fingerprint density at radius 2 is 2.21 bits per heavy atom. The summed E-state index contributed by atoms with van der Waals surface area (Å²) in [7, 11) is 0. The van der Waals surface area contributed by atoms with Crippen molar-refractivity contribution in [1.29, 1.82) is 0 Å². The molecule has 1 amide bonds.